The van der Waals surface area contributed by atoms with Crippen molar-refractivity contribution in [3.8, 4) is 0 Å². The van der Waals surface area contributed by atoms with Crippen molar-refractivity contribution >= 4 is 16.7 Å². The molecular weight excluding hydrogens is 210 g/mol. The van der Waals surface area contributed by atoms with Crippen LogP contribution in [0.25, 0.3) is 0 Å². The first-order valence-electron chi connectivity index (χ1n) is 5.35. The third kappa shape index (κ3) is 1.99. The number of aromatic nitrogens is 2. The van der Waals surface area contributed by atoms with Gasteiger partial charge >= 0.3 is 0 Å². The van der Waals surface area contributed by atoms with Crippen LogP contribution >= 0.6 is 11.5 Å². The summed E-state index contributed by atoms with van der Waals surface area (Å²) in [6, 6.07) is 0. The summed E-state index contributed by atoms with van der Waals surface area (Å²) < 4.78 is 4.30. The molecule has 1 aromatic rings. The molecule has 0 radical (unpaired) electrons. The van der Waals surface area contributed by atoms with E-state index in [1.54, 1.807) is 0 Å². The molecule has 0 aromatic carbocycles. The van der Waals surface area contributed by atoms with E-state index in [0.29, 0.717) is 19.0 Å². The number of β-amino-alcohol motifs (C(OH)–C–C–N with tert-alkyl or cyclic N) is 1. The predicted octanol–water partition coefficient (Wildman–Crippen LogP) is 1.62. The number of aliphatic hydroxyl groups is 1. The minimum Gasteiger partial charge on any atom is -0.386 e. The monoisotopic (exact) mass is 227 g/mol. The fourth-order valence-corrected chi connectivity index (χ4v) is 2.42. The third-order valence-electron chi connectivity index (χ3n) is 2.85. The molecule has 0 spiro atoms. The molecule has 84 valence electrons. The molecular formula is C10H17N3OS. The second-order valence-electron chi connectivity index (χ2n) is 4.52. The van der Waals surface area contributed by atoms with Gasteiger partial charge in [-0.05, 0) is 6.42 Å². The van der Waals surface area contributed by atoms with E-state index >= 15 is 0 Å². The van der Waals surface area contributed by atoms with Crippen LogP contribution in [0.4, 0.5) is 5.13 Å². The van der Waals surface area contributed by atoms with Crippen molar-refractivity contribution in [2.75, 3.05) is 18.0 Å². The first-order valence-corrected chi connectivity index (χ1v) is 6.12. The first-order chi connectivity index (χ1) is 7.04. The molecule has 0 bridgehead atoms. The minimum atomic E-state index is -0.496. The summed E-state index contributed by atoms with van der Waals surface area (Å²) in [7, 11) is 0. The van der Waals surface area contributed by atoms with Crippen LogP contribution < -0.4 is 4.90 Å². The van der Waals surface area contributed by atoms with Crippen LogP contribution in [0.2, 0.25) is 0 Å². The van der Waals surface area contributed by atoms with E-state index < -0.39 is 5.60 Å². The zero-order chi connectivity index (χ0) is 11.1. The van der Waals surface area contributed by atoms with Gasteiger partial charge in [0.1, 0.15) is 5.82 Å². The largest absolute Gasteiger partial charge is 0.386 e. The molecule has 1 aliphatic heterocycles. The van der Waals surface area contributed by atoms with E-state index in [4.69, 9.17) is 0 Å². The molecule has 1 aromatic heterocycles. The molecule has 4 nitrogen and oxygen atoms in total. The smallest absolute Gasteiger partial charge is 0.205 e. The molecule has 0 amide bonds. The van der Waals surface area contributed by atoms with Gasteiger partial charge in [-0.1, -0.05) is 20.8 Å². The third-order valence-corrected chi connectivity index (χ3v) is 3.64. The van der Waals surface area contributed by atoms with E-state index in [0.717, 1.165) is 17.4 Å². The molecule has 5 heteroatoms. The van der Waals surface area contributed by atoms with Gasteiger partial charge in [0.15, 0.2) is 0 Å². The molecule has 15 heavy (non-hydrogen) atoms. The van der Waals surface area contributed by atoms with Gasteiger partial charge in [-0.25, -0.2) is 4.98 Å². The second-order valence-corrected chi connectivity index (χ2v) is 5.25. The first kappa shape index (κ1) is 10.8. The lowest BCUT2D eigenvalue weighted by atomic mass is 9.92. The quantitative estimate of drug-likeness (QED) is 0.852. The van der Waals surface area contributed by atoms with E-state index in [9.17, 15) is 5.11 Å². The summed E-state index contributed by atoms with van der Waals surface area (Å²) in [4.78, 5) is 6.54. The van der Waals surface area contributed by atoms with Crippen LogP contribution in [0.1, 0.15) is 38.9 Å². The highest BCUT2D eigenvalue weighted by Crippen LogP contribution is 2.31. The highest BCUT2D eigenvalue weighted by Gasteiger charge is 2.40. The van der Waals surface area contributed by atoms with Gasteiger partial charge in [0, 0.05) is 17.5 Å². The predicted molar refractivity (Wildman–Crippen MR) is 61.5 cm³/mol. The number of rotatable bonds is 3. The summed E-state index contributed by atoms with van der Waals surface area (Å²) in [5.41, 5.74) is -0.496. The molecule has 2 rings (SSSR count). The Labute approximate surface area is 94.1 Å². The number of hydrogen-bond donors (Lipinski definition) is 1. The minimum absolute atomic E-state index is 0.376. The summed E-state index contributed by atoms with van der Waals surface area (Å²) in [5, 5.41) is 10.8. The zero-order valence-corrected chi connectivity index (χ0v) is 10.2. The number of nitrogens with zero attached hydrogens (tertiary/aromatic N) is 3. The van der Waals surface area contributed by atoms with Crippen LogP contribution in [0.3, 0.4) is 0 Å². The van der Waals surface area contributed by atoms with Crippen molar-refractivity contribution in [1.29, 1.82) is 0 Å². The van der Waals surface area contributed by atoms with Crippen molar-refractivity contribution in [2.24, 2.45) is 0 Å². The van der Waals surface area contributed by atoms with Crippen LogP contribution in [-0.4, -0.2) is 33.2 Å². The van der Waals surface area contributed by atoms with Gasteiger partial charge < -0.3 is 10.0 Å². The van der Waals surface area contributed by atoms with Crippen LogP contribution in [0.5, 0.6) is 0 Å². The lowest BCUT2D eigenvalue weighted by Gasteiger charge is -2.45. The topological polar surface area (TPSA) is 49.2 Å². The maximum atomic E-state index is 9.88. The van der Waals surface area contributed by atoms with Gasteiger partial charge in [-0.15, -0.1) is 0 Å². The maximum absolute atomic E-state index is 9.88. The summed E-state index contributed by atoms with van der Waals surface area (Å²) in [6.07, 6.45) is 0.805. The van der Waals surface area contributed by atoms with Crippen molar-refractivity contribution in [2.45, 2.75) is 38.7 Å². The molecule has 0 unspecified atom stereocenters. The van der Waals surface area contributed by atoms with Crippen molar-refractivity contribution in [3.63, 3.8) is 0 Å². The highest BCUT2D eigenvalue weighted by molar-refractivity contribution is 7.09. The lowest BCUT2D eigenvalue weighted by Crippen LogP contribution is -2.61. The Morgan fingerprint density at radius 1 is 1.53 bits per heavy atom. The molecule has 1 N–H and O–H groups in total. The Kier molecular flexibility index (Phi) is 2.68. The van der Waals surface area contributed by atoms with Crippen molar-refractivity contribution in [3.05, 3.63) is 5.82 Å². The fraction of sp³-hybridized carbons (Fsp3) is 0.800. The molecule has 1 aliphatic rings. The Bertz CT molecular complexity index is 344. The van der Waals surface area contributed by atoms with Crippen LogP contribution in [-0.2, 0) is 0 Å². The van der Waals surface area contributed by atoms with Gasteiger partial charge in [-0.2, -0.15) is 4.37 Å². The molecule has 1 saturated heterocycles. The van der Waals surface area contributed by atoms with E-state index in [2.05, 4.69) is 28.1 Å². The summed E-state index contributed by atoms with van der Waals surface area (Å²) >= 11 is 1.43. The van der Waals surface area contributed by atoms with Gasteiger partial charge in [0.2, 0.25) is 5.13 Å². The molecule has 2 heterocycles. The van der Waals surface area contributed by atoms with Crippen molar-refractivity contribution in [1.82, 2.24) is 9.36 Å². The van der Waals surface area contributed by atoms with E-state index in [1.165, 1.54) is 11.5 Å². The second kappa shape index (κ2) is 3.72. The standard InChI is InChI=1S/C10H17N3OS/c1-4-10(14)5-13(6-10)9-11-8(7(2)3)12-15-9/h7,14H,4-6H2,1-3H3. The van der Waals surface area contributed by atoms with E-state index in [1.807, 2.05) is 6.92 Å². The van der Waals surface area contributed by atoms with Gasteiger partial charge in [0.25, 0.3) is 0 Å². The van der Waals surface area contributed by atoms with Crippen LogP contribution in [0, 0.1) is 0 Å². The molecule has 0 aliphatic carbocycles. The maximum Gasteiger partial charge on any atom is 0.205 e. The van der Waals surface area contributed by atoms with Crippen LogP contribution in [0.15, 0.2) is 0 Å². The average Bonchev–Trinajstić information content (AvgIpc) is 2.61. The van der Waals surface area contributed by atoms with Gasteiger partial charge in [-0.3, -0.25) is 0 Å². The number of anilines is 1. The molecule has 0 atom stereocenters. The summed E-state index contributed by atoms with van der Waals surface area (Å²) in [6.45, 7) is 7.57. The lowest BCUT2D eigenvalue weighted by molar-refractivity contribution is 0.00849. The molecule has 0 saturated carbocycles. The Balaban J connectivity index is 2.01. The van der Waals surface area contributed by atoms with Crippen molar-refractivity contribution < 1.29 is 5.11 Å². The average molecular weight is 227 g/mol. The molecule has 1 fully saturated rings. The highest BCUT2D eigenvalue weighted by atomic mass is 32.1. The van der Waals surface area contributed by atoms with E-state index in [-0.39, 0.29) is 0 Å². The normalized spacial score (nSPS) is 19.4. The Hall–Kier alpha value is -0.680. The fourth-order valence-electron chi connectivity index (χ4n) is 1.61. The Morgan fingerprint density at radius 3 is 2.67 bits per heavy atom. The Morgan fingerprint density at radius 2 is 2.20 bits per heavy atom. The summed E-state index contributed by atoms with van der Waals surface area (Å²) in [5.74, 6) is 1.28. The van der Waals surface area contributed by atoms with Gasteiger partial charge in [0.05, 0.1) is 18.7 Å². The zero-order valence-electron chi connectivity index (χ0n) is 9.40. The SMILES string of the molecule is CCC1(O)CN(c2nc(C(C)C)ns2)C1. The number of hydrogen-bond acceptors (Lipinski definition) is 5.